The average Bonchev–Trinajstić information content (AvgIpc) is 3.50. The van der Waals surface area contributed by atoms with Crippen LogP contribution in [0.1, 0.15) is 22.8 Å². The van der Waals surface area contributed by atoms with Crippen LogP contribution in [-0.4, -0.2) is 27.6 Å². The quantitative estimate of drug-likeness (QED) is 0.592. The highest BCUT2D eigenvalue weighted by atomic mass is 32.2. The van der Waals surface area contributed by atoms with E-state index in [1.54, 1.807) is 18.2 Å². The smallest absolute Gasteiger partial charge is 0.449 e. The van der Waals surface area contributed by atoms with E-state index in [0.29, 0.717) is 28.6 Å². The van der Waals surface area contributed by atoms with Gasteiger partial charge in [-0.3, -0.25) is 4.31 Å². The second kappa shape index (κ2) is 6.13. The maximum absolute atomic E-state index is 13.8. The number of alkyl halides is 3. The van der Waals surface area contributed by atoms with E-state index < -0.39 is 27.7 Å². The predicted molar refractivity (Wildman–Crippen MR) is 98.9 cm³/mol. The van der Waals surface area contributed by atoms with Gasteiger partial charge in [0.25, 0.3) is 5.88 Å². The highest BCUT2D eigenvalue weighted by molar-refractivity contribution is 7.88. The maximum atomic E-state index is 13.8. The Hall–Kier alpha value is -3.28. The monoisotopic (exact) mass is 451 g/mol. The van der Waals surface area contributed by atoms with Crippen molar-refractivity contribution in [1.82, 2.24) is 9.97 Å². The van der Waals surface area contributed by atoms with E-state index in [-0.39, 0.29) is 31.6 Å². The molecule has 12 heteroatoms. The minimum atomic E-state index is -4.61. The molecule has 3 aliphatic rings. The molecule has 31 heavy (non-hydrogen) atoms. The summed E-state index contributed by atoms with van der Waals surface area (Å²) in [4.78, 5) is 8.84. The Bertz CT molecular complexity index is 1250. The number of anilines is 1. The Kier molecular flexibility index (Phi) is 3.65. The SMILES string of the molecule is O=S1N(Cc2ccc(C(F)(F)F)o2)c2ncccc2C12COc1cc3c(nc12)OCO3. The number of fused-ring (bicyclic) bond motifs is 5. The third-order valence-electron chi connectivity index (χ3n) is 5.34. The molecule has 0 amide bonds. The van der Waals surface area contributed by atoms with Gasteiger partial charge in [-0.05, 0) is 18.2 Å². The minimum Gasteiger partial charge on any atom is -0.489 e. The standard InChI is InChI=1S/C19H12F3N3O5S/c20-19(21,22)14-4-3-10(30-14)7-25-16-11(2-1-5-23-16)18(31(25)26)8-27-12-6-13-17(24-15(12)18)29-9-28-13/h1-6H,7-9H2. The molecule has 6 heterocycles. The Morgan fingerprint density at radius 1 is 1.16 bits per heavy atom. The van der Waals surface area contributed by atoms with Crippen molar-refractivity contribution in [2.75, 3.05) is 17.7 Å². The van der Waals surface area contributed by atoms with Crippen molar-refractivity contribution in [3.05, 3.63) is 59.3 Å². The van der Waals surface area contributed by atoms with Crippen LogP contribution >= 0.6 is 0 Å². The lowest BCUT2D eigenvalue weighted by Crippen LogP contribution is -2.37. The molecule has 3 aromatic heterocycles. The third-order valence-corrected chi connectivity index (χ3v) is 7.17. The van der Waals surface area contributed by atoms with Crippen molar-refractivity contribution in [2.45, 2.75) is 17.5 Å². The molecule has 2 atom stereocenters. The first-order valence-corrected chi connectivity index (χ1v) is 10.2. The maximum Gasteiger partial charge on any atom is 0.449 e. The van der Waals surface area contributed by atoms with Crippen LogP contribution in [0.25, 0.3) is 0 Å². The van der Waals surface area contributed by atoms with Gasteiger partial charge in [-0.2, -0.15) is 13.2 Å². The van der Waals surface area contributed by atoms with E-state index in [0.717, 1.165) is 6.07 Å². The molecular formula is C19H12F3N3O5S. The van der Waals surface area contributed by atoms with Gasteiger partial charge in [0.05, 0.1) is 6.54 Å². The number of furan rings is 1. The van der Waals surface area contributed by atoms with Gasteiger partial charge in [0.1, 0.15) is 40.6 Å². The van der Waals surface area contributed by atoms with E-state index in [4.69, 9.17) is 18.6 Å². The first-order chi connectivity index (χ1) is 14.9. The largest absolute Gasteiger partial charge is 0.489 e. The summed E-state index contributed by atoms with van der Waals surface area (Å²) >= 11 is 0. The Morgan fingerprint density at radius 2 is 2.03 bits per heavy atom. The fourth-order valence-corrected chi connectivity index (χ4v) is 5.71. The van der Waals surface area contributed by atoms with Crippen LogP contribution in [0, 0.1) is 0 Å². The molecule has 0 fully saturated rings. The van der Waals surface area contributed by atoms with Gasteiger partial charge in [-0.15, -0.1) is 0 Å². The highest BCUT2D eigenvalue weighted by Gasteiger charge is 2.59. The lowest BCUT2D eigenvalue weighted by atomic mass is 9.96. The van der Waals surface area contributed by atoms with Gasteiger partial charge in [0.15, 0.2) is 10.5 Å². The molecule has 0 bridgehead atoms. The molecule has 3 aromatic rings. The number of hydrogen-bond donors (Lipinski definition) is 0. The van der Waals surface area contributed by atoms with Gasteiger partial charge in [0, 0.05) is 17.8 Å². The Labute approximate surface area is 175 Å². The van der Waals surface area contributed by atoms with Crippen LogP contribution in [0.2, 0.25) is 0 Å². The molecule has 3 aliphatic heterocycles. The number of halogens is 3. The van der Waals surface area contributed by atoms with E-state index in [1.807, 2.05) is 0 Å². The zero-order chi connectivity index (χ0) is 21.4. The summed E-state index contributed by atoms with van der Waals surface area (Å²) in [5.74, 6) is 0.358. The molecule has 0 N–H and O–H groups in total. The van der Waals surface area contributed by atoms with Crippen molar-refractivity contribution in [3.63, 3.8) is 0 Å². The van der Waals surface area contributed by atoms with E-state index in [9.17, 15) is 17.4 Å². The first kappa shape index (κ1) is 18.5. The molecule has 8 nitrogen and oxygen atoms in total. The van der Waals surface area contributed by atoms with E-state index in [1.165, 1.54) is 16.6 Å². The van der Waals surface area contributed by atoms with Crippen molar-refractivity contribution in [2.24, 2.45) is 0 Å². The van der Waals surface area contributed by atoms with Crippen LogP contribution in [0.3, 0.4) is 0 Å². The minimum absolute atomic E-state index is 0.00659. The molecule has 0 saturated carbocycles. The van der Waals surface area contributed by atoms with Gasteiger partial charge in [-0.1, -0.05) is 6.07 Å². The number of rotatable bonds is 2. The van der Waals surface area contributed by atoms with Crippen LogP contribution in [0.4, 0.5) is 19.0 Å². The van der Waals surface area contributed by atoms with Gasteiger partial charge in [-0.25, -0.2) is 14.2 Å². The van der Waals surface area contributed by atoms with E-state index in [2.05, 4.69) is 9.97 Å². The number of pyridine rings is 2. The van der Waals surface area contributed by atoms with Crippen molar-refractivity contribution in [1.29, 1.82) is 0 Å². The van der Waals surface area contributed by atoms with Crippen LogP contribution in [0.15, 0.2) is 40.9 Å². The topological polar surface area (TPSA) is 86.9 Å². The summed E-state index contributed by atoms with van der Waals surface area (Å²) in [5, 5.41) is 0. The molecule has 2 unspecified atom stereocenters. The second-order valence-electron chi connectivity index (χ2n) is 7.08. The number of ether oxygens (including phenoxy) is 3. The van der Waals surface area contributed by atoms with Crippen molar-refractivity contribution in [3.8, 4) is 17.4 Å². The second-order valence-corrected chi connectivity index (χ2v) is 8.72. The molecule has 0 aromatic carbocycles. The molecule has 0 aliphatic carbocycles. The summed E-state index contributed by atoms with van der Waals surface area (Å²) in [6.45, 7) is -0.133. The molecular weight excluding hydrogens is 439 g/mol. The number of aromatic nitrogens is 2. The summed E-state index contributed by atoms with van der Waals surface area (Å²) < 4.78 is 74.2. The third kappa shape index (κ3) is 2.51. The Morgan fingerprint density at radius 3 is 2.84 bits per heavy atom. The first-order valence-electron chi connectivity index (χ1n) is 9.13. The summed E-state index contributed by atoms with van der Waals surface area (Å²) in [7, 11) is -1.82. The fourth-order valence-electron chi connectivity index (χ4n) is 3.96. The molecule has 1 spiro atoms. The lowest BCUT2D eigenvalue weighted by Gasteiger charge is -2.22. The molecule has 160 valence electrons. The van der Waals surface area contributed by atoms with Gasteiger partial charge < -0.3 is 18.6 Å². The van der Waals surface area contributed by atoms with Crippen LogP contribution in [-0.2, 0) is 28.5 Å². The van der Waals surface area contributed by atoms with Crippen LogP contribution in [0.5, 0.6) is 17.4 Å². The highest BCUT2D eigenvalue weighted by Crippen LogP contribution is 2.55. The fraction of sp³-hybridized carbons (Fsp3) is 0.263. The average molecular weight is 451 g/mol. The summed E-state index contributed by atoms with van der Waals surface area (Å²) in [6, 6.07) is 7.15. The van der Waals surface area contributed by atoms with Gasteiger partial charge in [0.2, 0.25) is 12.6 Å². The molecule has 6 rings (SSSR count). The lowest BCUT2D eigenvalue weighted by molar-refractivity contribution is -0.153. The van der Waals surface area contributed by atoms with Crippen molar-refractivity contribution >= 4 is 16.8 Å². The van der Waals surface area contributed by atoms with Crippen molar-refractivity contribution < 1.29 is 36.0 Å². The van der Waals surface area contributed by atoms with Gasteiger partial charge >= 0.3 is 6.18 Å². The zero-order valence-electron chi connectivity index (χ0n) is 15.5. The summed E-state index contributed by atoms with van der Waals surface area (Å²) in [6.07, 6.45) is -3.08. The number of nitrogens with zero attached hydrogens (tertiary/aromatic N) is 3. The zero-order valence-corrected chi connectivity index (χ0v) is 16.3. The predicted octanol–water partition coefficient (Wildman–Crippen LogP) is 3.14. The number of hydrogen-bond acceptors (Lipinski definition) is 7. The van der Waals surface area contributed by atoms with E-state index >= 15 is 0 Å². The van der Waals surface area contributed by atoms with Crippen LogP contribution < -0.4 is 18.5 Å². The Balaban J connectivity index is 1.44. The normalized spacial score (nSPS) is 23.2. The molecule has 0 saturated heterocycles. The summed E-state index contributed by atoms with van der Waals surface area (Å²) in [5.41, 5.74) is 1.00. The molecule has 0 radical (unpaired) electrons.